The molecule has 142 valence electrons. The normalized spacial score (nSPS) is 11.7. The SMILES string of the molecule is COc1cccc(OC)c1-c1cccc2c3ccccc3p(-c3ccccc3)c12. The maximum absolute atomic E-state index is 5.75. The molecule has 0 N–H and O–H groups in total. The van der Waals surface area contributed by atoms with E-state index < -0.39 is 7.53 Å². The largest absolute Gasteiger partial charge is 0.496 e. The Bertz CT molecular complexity index is 1300. The molecule has 0 bridgehead atoms. The Hall–Kier alpha value is -3.22. The molecular formula is C26H21O2P. The average molecular weight is 396 g/mol. The van der Waals surface area contributed by atoms with Gasteiger partial charge < -0.3 is 9.47 Å². The molecule has 29 heavy (non-hydrogen) atoms. The van der Waals surface area contributed by atoms with Crippen LogP contribution in [0.5, 0.6) is 11.5 Å². The molecule has 5 aromatic rings. The van der Waals surface area contributed by atoms with Gasteiger partial charge in [0.05, 0.1) is 19.8 Å². The molecule has 0 saturated carbocycles. The molecule has 0 fully saturated rings. The van der Waals surface area contributed by atoms with Crippen LogP contribution in [0.3, 0.4) is 0 Å². The van der Waals surface area contributed by atoms with Gasteiger partial charge in [-0.2, -0.15) is 0 Å². The molecule has 3 heteroatoms. The van der Waals surface area contributed by atoms with Crippen LogP contribution >= 0.6 is 7.53 Å². The number of methoxy groups -OCH3 is 2. The van der Waals surface area contributed by atoms with E-state index >= 15 is 0 Å². The van der Waals surface area contributed by atoms with Crippen molar-refractivity contribution in [3.63, 3.8) is 0 Å². The highest BCUT2D eigenvalue weighted by Crippen LogP contribution is 2.58. The molecule has 0 radical (unpaired) electrons. The second-order valence-corrected chi connectivity index (χ2v) is 9.04. The first-order valence-corrected chi connectivity index (χ1v) is 11.0. The number of hydrogen-bond donors (Lipinski definition) is 0. The predicted molar refractivity (Wildman–Crippen MR) is 124 cm³/mol. The van der Waals surface area contributed by atoms with Crippen LogP contribution in [0.25, 0.3) is 37.4 Å². The van der Waals surface area contributed by atoms with Crippen molar-refractivity contribution in [2.75, 3.05) is 14.2 Å². The Kier molecular flexibility index (Phi) is 4.50. The van der Waals surface area contributed by atoms with E-state index in [1.165, 1.54) is 31.9 Å². The van der Waals surface area contributed by atoms with Gasteiger partial charge in [-0.1, -0.05) is 86.4 Å². The topological polar surface area (TPSA) is 18.5 Å². The van der Waals surface area contributed by atoms with Crippen molar-refractivity contribution in [3.05, 3.63) is 91.0 Å². The Balaban J connectivity index is 1.99. The fourth-order valence-electron chi connectivity index (χ4n) is 4.18. The number of ether oxygens (including phenoxy) is 2. The van der Waals surface area contributed by atoms with Crippen LogP contribution in [0.15, 0.2) is 91.0 Å². The van der Waals surface area contributed by atoms with Crippen molar-refractivity contribution in [2.45, 2.75) is 0 Å². The molecule has 1 aromatic heterocycles. The van der Waals surface area contributed by atoms with Gasteiger partial charge in [0.2, 0.25) is 0 Å². The van der Waals surface area contributed by atoms with Crippen molar-refractivity contribution < 1.29 is 9.47 Å². The van der Waals surface area contributed by atoms with Gasteiger partial charge in [-0.3, -0.25) is 0 Å². The summed E-state index contributed by atoms with van der Waals surface area (Å²) in [5.74, 6) is 1.66. The fourth-order valence-corrected chi connectivity index (χ4v) is 6.96. The van der Waals surface area contributed by atoms with Gasteiger partial charge in [-0.25, -0.2) is 0 Å². The zero-order valence-corrected chi connectivity index (χ0v) is 17.3. The van der Waals surface area contributed by atoms with E-state index in [4.69, 9.17) is 9.47 Å². The lowest BCUT2D eigenvalue weighted by atomic mass is 10.0. The molecule has 1 heterocycles. The maximum atomic E-state index is 5.75. The standard InChI is InChI=1S/C26H21O2P/c1-27-22-15-9-16-23(28-2)25(22)21-14-8-13-20-19-12-6-7-17-24(19)29(26(20)21)18-10-4-3-5-11-18/h3-17H,1-2H3. The van der Waals surface area contributed by atoms with E-state index in [1.807, 2.05) is 18.2 Å². The first kappa shape index (κ1) is 17.8. The minimum Gasteiger partial charge on any atom is -0.496 e. The zero-order chi connectivity index (χ0) is 19.8. The molecule has 5 rings (SSSR count). The van der Waals surface area contributed by atoms with Crippen molar-refractivity contribution >= 4 is 28.5 Å². The quantitative estimate of drug-likeness (QED) is 0.310. The van der Waals surface area contributed by atoms with E-state index in [1.54, 1.807) is 14.2 Å². The average Bonchev–Trinajstić information content (AvgIpc) is 3.14. The third-order valence-electron chi connectivity index (χ3n) is 5.41. The summed E-state index contributed by atoms with van der Waals surface area (Å²) in [5.41, 5.74) is 2.20. The summed E-state index contributed by atoms with van der Waals surface area (Å²) >= 11 is 0. The van der Waals surface area contributed by atoms with Gasteiger partial charge >= 0.3 is 0 Å². The third kappa shape index (κ3) is 2.80. The minimum absolute atomic E-state index is 0.662. The van der Waals surface area contributed by atoms with Gasteiger partial charge in [-0.15, -0.1) is 0 Å². The third-order valence-corrected chi connectivity index (χ3v) is 8.02. The van der Waals surface area contributed by atoms with Crippen molar-refractivity contribution in [1.29, 1.82) is 0 Å². The maximum Gasteiger partial charge on any atom is 0.130 e. The van der Waals surface area contributed by atoms with Gasteiger partial charge in [0, 0.05) is 15.8 Å². The Morgan fingerprint density at radius 3 is 1.93 bits per heavy atom. The van der Waals surface area contributed by atoms with E-state index in [0.29, 0.717) is 0 Å². The zero-order valence-electron chi connectivity index (χ0n) is 16.4. The second-order valence-electron chi connectivity index (χ2n) is 6.93. The van der Waals surface area contributed by atoms with E-state index in [2.05, 4.69) is 72.8 Å². The minimum atomic E-state index is -0.662. The summed E-state index contributed by atoms with van der Waals surface area (Å²) < 4.78 is 11.5. The molecule has 4 aromatic carbocycles. The highest BCUT2D eigenvalue weighted by molar-refractivity contribution is 7.68. The number of fused-ring (bicyclic) bond motifs is 3. The molecular weight excluding hydrogens is 375 g/mol. The Labute approximate surface area is 171 Å². The van der Waals surface area contributed by atoms with Crippen LogP contribution in [0.2, 0.25) is 0 Å². The van der Waals surface area contributed by atoms with Crippen molar-refractivity contribution in [3.8, 4) is 27.9 Å². The van der Waals surface area contributed by atoms with Crippen LogP contribution in [-0.2, 0) is 0 Å². The van der Waals surface area contributed by atoms with Crippen molar-refractivity contribution in [1.82, 2.24) is 0 Å². The molecule has 0 aliphatic carbocycles. The fraction of sp³-hybridized carbons (Fsp3) is 0.0769. The predicted octanol–water partition coefficient (Wildman–Crippen LogP) is 7.65. The molecule has 0 saturated heterocycles. The van der Waals surface area contributed by atoms with Gasteiger partial charge in [-0.05, 0) is 28.2 Å². The second kappa shape index (κ2) is 7.31. The van der Waals surface area contributed by atoms with Gasteiger partial charge in [0.15, 0.2) is 0 Å². The lowest BCUT2D eigenvalue weighted by molar-refractivity contribution is 0.397. The highest BCUT2D eigenvalue weighted by atomic mass is 31.1. The first-order chi connectivity index (χ1) is 14.3. The molecule has 1 unspecified atom stereocenters. The summed E-state index contributed by atoms with van der Waals surface area (Å²) in [5, 5.41) is 6.77. The molecule has 1 atom stereocenters. The molecule has 0 spiro atoms. The summed E-state index contributed by atoms with van der Waals surface area (Å²) in [7, 11) is 2.77. The monoisotopic (exact) mass is 396 g/mol. The number of rotatable bonds is 4. The number of hydrogen-bond acceptors (Lipinski definition) is 2. The summed E-state index contributed by atoms with van der Waals surface area (Å²) in [6.45, 7) is 0. The van der Waals surface area contributed by atoms with Gasteiger partial charge in [0.25, 0.3) is 0 Å². The summed E-state index contributed by atoms with van der Waals surface area (Å²) in [4.78, 5) is 0. The van der Waals surface area contributed by atoms with Gasteiger partial charge in [0.1, 0.15) is 11.5 Å². The van der Waals surface area contributed by atoms with Crippen LogP contribution in [0.4, 0.5) is 0 Å². The van der Waals surface area contributed by atoms with E-state index in [-0.39, 0.29) is 0 Å². The summed E-state index contributed by atoms with van der Waals surface area (Å²) in [6.07, 6.45) is 0. The molecule has 0 amide bonds. The van der Waals surface area contributed by atoms with Crippen LogP contribution in [0.1, 0.15) is 0 Å². The molecule has 0 aliphatic rings. The lowest BCUT2D eigenvalue weighted by Crippen LogP contribution is -1.93. The number of benzene rings is 4. The molecule has 2 nitrogen and oxygen atoms in total. The van der Waals surface area contributed by atoms with E-state index in [0.717, 1.165) is 17.1 Å². The molecule has 0 aliphatic heterocycles. The van der Waals surface area contributed by atoms with E-state index in [9.17, 15) is 0 Å². The van der Waals surface area contributed by atoms with Crippen molar-refractivity contribution in [2.24, 2.45) is 0 Å². The van der Waals surface area contributed by atoms with Crippen LogP contribution < -0.4 is 9.47 Å². The Morgan fingerprint density at radius 1 is 0.586 bits per heavy atom. The smallest absolute Gasteiger partial charge is 0.130 e. The first-order valence-electron chi connectivity index (χ1n) is 9.62. The Morgan fingerprint density at radius 2 is 1.21 bits per heavy atom. The van der Waals surface area contributed by atoms with Crippen LogP contribution in [-0.4, -0.2) is 14.2 Å². The van der Waals surface area contributed by atoms with Crippen LogP contribution in [0, 0.1) is 0 Å². The summed E-state index contributed by atoms with van der Waals surface area (Å²) in [6, 6.07) is 32.2. The highest BCUT2D eigenvalue weighted by Gasteiger charge is 2.20. The lowest BCUT2D eigenvalue weighted by Gasteiger charge is -2.15.